The standard InChI is InChI=1S/C12H9N5/c1-3-7-13-10(5-1)11-9-17(16-15-11)12-6-2-4-8-14-12/h1-9H. The third kappa shape index (κ3) is 1.90. The predicted octanol–water partition coefficient (Wildman–Crippen LogP) is 1.72. The Hall–Kier alpha value is -2.56. The molecular weight excluding hydrogens is 214 g/mol. The molecular formula is C12H9N5. The summed E-state index contributed by atoms with van der Waals surface area (Å²) < 4.78 is 1.63. The van der Waals surface area contributed by atoms with Crippen LogP contribution in [0.1, 0.15) is 0 Å². The van der Waals surface area contributed by atoms with E-state index in [-0.39, 0.29) is 0 Å². The molecule has 0 aliphatic rings. The van der Waals surface area contributed by atoms with Crippen molar-refractivity contribution in [3.05, 3.63) is 55.0 Å². The lowest BCUT2D eigenvalue weighted by molar-refractivity contribution is 0.782. The summed E-state index contributed by atoms with van der Waals surface area (Å²) in [4.78, 5) is 8.42. The molecule has 5 heteroatoms. The number of aromatic nitrogens is 5. The largest absolute Gasteiger partial charge is 0.254 e. The lowest BCUT2D eigenvalue weighted by Gasteiger charge is -1.96. The summed E-state index contributed by atoms with van der Waals surface area (Å²) in [6.07, 6.45) is 5.26. The van der Waals surface area contributed by atoms with Crippen LogP contribution in [-0.4, -0.2) is 25.0 Å². The second-order valence-electron chi connectivity index (χ2n) is 3.45. The van der Waals surface area contributed by atoms with Gasteiger partial charge in [-0.2, -0.15) is 0 Å². The van der Waals surface area contributed by atoms with Crippen molar-refractivity contribution in [1.29, 1.82) is 0 Å². The topological polar surface area (TPSA) is 56.5 Å². The van der Waals surface area contributed by atoms with E-state index < -0.39 is 0 Å². The molecule has 5 nitrogen and oxygen atoms in total. The summed E-state index contributed by atoms with van der Waals surface area (Å²) in [6, 6.07) is 11.3. The van der Waals surface area contributed by atoms with Gasteiger partial charge >= 0.3 is 0 Å². The van der Waals surface area contributed by atoms with Gasteiger partial charge in [0.05, 0.1) is 11.9 Å². The molecule has 0 N–H and O–H groups in total. The zero-order chi connectivity index (χ0) is 11.5. The van der Waals surface area contributed by atoms with Crippen molar-refractivity contribution in [3.8, 4) is 17.2 Å². The maximum absolute atomic E-state index is 4.22. The first-order valence-electron chi connectivity index (χ1n) is 5.19. The van der Waals surface area contributed by atoms with Gasteiger partial charge in [0.2, 0.25) is 0 Å². The predicted molar refractivity (Wildman–Crippen MR) is 62.4 cm³/mol. The fourth-order valence-corrected chi connectivity index (χ4v) is 1.50. The molecule has 3 aromatic rings. The van der Waals surface area contributed by atoms with Crippen LogP contribution >= 0.6 is 0 Å². The molecule has 0 saturated heterocycles. The van der Waals surface area contributed by atoms with E-state index in [1.54, 1.807) is 17.1 Å². The molecule has 0 aliphatic carbocycles. The van der Waals surface area contributed by atoms with Crippen molar-refractivity contribution in [2.45, 2.75) is 0 Å². The zero-order valence-electron chi connectivity index (χ0n) is 8.93. The van der Waals surface area contributed by atoms with Crippen molar-refractivity contribution >= 4 is 0 Å². The number of hydrogen-bond acceptors (Lipinski definition) is 4. The number of pyridine rings is 2. The van der Waals surface area contributed by atoms with E-state index in [1.807, 2.05) is 42.6 Å². The molecule has 0 amide bonds. The van der Waals surface area contributed by atoms with E-state index in [4.69, 9.17) is 0 Å². The molecule has 0 spiro atoms. The molecule has 0 saturated carbocycles. The van der Waals surface area contributed by atoms with E-state index in [0.29, 0.717) is 0 Å². The van der Waals surface area contributed by atoms with Crippen LogP contribution in [0, 0.1) is 0 Å². The van der Waals surface area contributed by atoms with Gasteiger partial charge in [-0.05, 0) is 24.3 Å². The second-order valence-corrected chi connectivity index (χ2v) is 3.45. The van der Waals surface area contributed by atoms with E-state index in [1.165, 1.54) is 0 Å². The van der Waals surface area contributed by atoms with Gasteiger partial charge in [0, 0.05) is 12.4 Å². The molecule has 3 rings (SSSR count). The SMILES string of the molecule is c1ccc(-c2cn(-c3ccccn3)nn2)nc1. The normalized spacial score (nSPS) is 10.4. The summed E-state index contributed by atoms with van der Waals surface area (Å²) in [5.41, 5.74) is 1.53. The van der Waals surface area contributed by atoms with Gasteiger partial charge in [-0.3, -0.25) is 4.98 Å². The summed E-state index contributed by atoms with van der Waals surface area (Å²) in [5, 5.41) is 8.10. The highest BCUT2D eigenvalue weighted by Crippen LogP contribution is 2.13. The first-order valence-corrected chi connectivity index (χ1v) is 5.19. The number of nitrogens with zero attached hydrogens (tertiary/aromatic N) is 5. The Bertz CT molecular complexity index is 549. The minimum atomic E-state index is 0.733. The maximum atomic E-state index is 4.22. The van der Waals surface area contributed by atoms with Crippen molar-refractivity contribution in [2.75, 3.05) is 0 Å². The molecule has 0 unspecified atom stereocenters. The first-order chi connectivity index (χ1) is 8.43. The summed E-state index contributed by atoms with van der Waals surface area (Å²) in [7, 11) is 0. The van der Waals surface area contributed by atoms with Gasteiger partial charge in [-0.25, -0.2) is 9.67 Å². The highest BCUT2D eigenvalue weighted by Gasteiger charge is 2.05. The molecule has 3 aromatic heterocycles. The molecule has 82 valence electrons. The number of rotatable bonds is 2. The van der Waals surface area contributed by atoms with E-state index in [0.717, 1.165) is 17.2 Å². The van der Waals surface area contributed by atoms with Crippen LogP contribution in [0.3, 0.4) is 0 Å². The average Bonchev–Trinajstić information content (AvgIpc) is 2.90. The van der Waals surface area contributed by atoms with Crippen molar-refractivity contribution < 1.29 is 0 Å². The molecule has 0 atom stereocenters. The van der Waals surface area contributed by atoms with E-state index in [2.05, 4.69) is 20.3 Å². The Morgan fingerprint density at radius 3 is 2.35 bits per heavy atom. The van der Waals surface area contributed by atoms with Crippen LogP contribution in [0.5, 0.6) is 0 Å². The van der Waals surface area contributed by atoms with E-state index >= 15 is 0 Å². The Kier molecular flexibility index (Phi) is 2.34. The second kappa shape index (κ2) is 4.13. The average molecular weight is 223 g/mol. The Morgan fingerprint density at radius 1 is 0.824 bits per heavy atom. The van der Waals surface area contributed by atoms with Gasteiger partial charge in [0.1, 0.15) is 5.69 Å². The van der Waals surface area contributed by atoms with Gasteiger partial charge in [-0.15, -0.1) is 5.10 Å². The van der Waals surface area contributed by atoms with Crippen LogP contribution in [0.25, 0.3) is 17.2 Å². The quantitative estimate of drug-likeness (QED) is 0.663. The van der Waals surface area contributed by atoms with Crippen molar-refractivity contribution in [3.63, 3.8) is 0 Å². The number of hydrogen-bond donors (Lipinski definition) is 0. The fraction of sp³-hybridized carbons (Fsp3) is 0. The lowest BCUT2D eigenvalue weighted by Crippen LogP contribution is -1.96. The lowest BCUT2D eigenvalue weighted by atomic mass is 10.3. The van der Waals surface area contributed by atoms with Crippen molar-refractivity contribution in [2.24, 2.45) is 0 Å². The molecule has 0 bridgehead atoms. The smallest absolute Gasteiger partial charge is 0.155 e. The van der Waals surface area contributed by atoms with E-state index in [9.17, 15) is 0 Å². The minimum Gasteiger partial charge on any atom is -0.254 e. The molecule has 0 fully saturated rings. The Labute approximate surface area is 97.8 Å². The molecule has 0 aliphatic heterocycles. The van der Waals surface area contributed by atoms with Crippen LogP contribution in [0.2, 0.25) is 0 Å². The Balaban J connectivity index is 1.99. The van der Waals surface area contributed by atoms with Crippen LogP contribution in [0.15, 0.2) is 55.0 Å². The summed E-state index contributed by atoms with van der Waals surface area (Å²) >= 11 is 0. The molecule has 0 aromatic carbocycles. The molecule has 3 heterocycles. The van der Waals surface area contributed by atoms with Gasteiger partial charge in [0.15, 0.2) is 5.82 Å². The minimum absolute atomic E-state index is 0.733. The fourth-order valence-electron chi connectivity index (χ4n) is 1.50. The Morgan fingerprint density at radius 2 is 1.65 bits per heavy atom. The van der Waals surface area contributed by atoms with Gasteiger partial charge in [-0.1, -0.05) is 17.3 Å². The summed E-state index contributed by atoms with van der Waals surface area (Å²) in [6.45, 7) is 0. The molecule has 0 radical (unpaired) electrons. The highest BCUT2D eigenvalue weighted by molar-refractivity contribution is 5.52. The highest BCUT2D eigenvalue weighted by atomic mass is 15.4. The third-order valence-electron chi connectivity index (χ3n) is 2.30. The van der Waals surface area contributed by atoms with Gasteiger partial charge in [0.25, 0.3) is 0 Å². The van der Waals surface area contributed by atoms with Crippen molar-refractivity contribution in [1.82, 2.24) is 25.0 Å². The third-order valence-corrected chi connectivity index (χ3v) is 2.30. The zero-order valence-corrected chi connectivity index (χ0v) is 8.93. The molecule has 17 heavy (non-hydrogen) atoms. The van der Waals surface area contributed by atoms with Crippen LogP contribution in [0.4, 0.5) is 0 Å². The van der Waals surface area contributed by atoms with Gasteiger partial charge < -0.3 is 0 Å². The summed E-state index contributed by atoms with van der Waals surface area (Å²) in [5.74, 6) is 0.738. The van der Waals surface area contributed by atoms with Crippen LogP contribution in [-0.2, 0) is 0 Å². The first kappa shape index (κ1) is 9.65. The monoisotopic (exact) mass is 223 g/mol. The van der Waals surface area contributed by atoms with Crippen LogP contribution < -0.4 is 0 Å². The maximum Gasteiger partial charge on any atom is 0.155 e.